The van der Waals surface area contributed by atoms with Crippen molar-refractivity contribution in [3.05, 3.63) is 0 Å². The minimum absolute atomic E-state index is 0.150. The number of ether oxygens (including phenoxy) is 1. The van der Waals surface area contributed by atoms with Crippen LogP contribution in [0.15, 0.2) is 0 Å². The molecule has 0 aromatic heterocycles. The van der Waals surface area contributed by atoms with Crippen LogP contribution in [0.25, 0.3) is 0 Å². The van der Waals surface area contributed by atoms with Crippen LogP contribution >= 0.6 is 11.8 Å². The summed E-state index contributed by atoms with van der Waals surface area (Å²) >= 11 is 1.45. The van der Waals surface area contributed by atoms with Gasteiger partial charge in [-0.05, 0) is 18.4 Å². The molecule has 18 heavy (non-hydrogen) atoms. The number of rotatable bonds is 7. The Kier molecular flexibility index (Phi) is 7.22. The van der Waals surface area contributed by atoms with E-state index >= 15 is 0 Å². The monoisotopic (exact) mass is 274 g/mol. The Morgan fingerprint density at radius 2 is 2.06 bits per heavy atom. The summed E-state index contributed by atoms with van der Waals surface area (Å²) in [5, 5.41) is 0.300. The van der Waals surface area contributed by atoms with Crippen LogP contribution < -0.4 is 5.73 Å². The standard InChI is InChI=1S/C13H26N2O2S/c1-13(2,11-14)4-10-18-12(16)3-5-15-6-8-17-9-7-15/h3-11,14H2,1-2H3. The Morgan fingerprint density at radius 1 is 1.39 bits per heavy atom. The molecule has 0 aliphatic carbocycles. The van der Waals surface area contributed by atoms with Gasteiger partial charge in [0.25, 0.3) is 0 Å². The summed E-state index contributed by atoms with van der Waals surface area (Å²) in [6.45, 7) is 9.34. The molecular formula is C13H26N2O2S. The van der Waals surface area contributed by atoms with Gasteiger partial charge in [0.2, 0.25) is 0 Å². The normalized spacial score (nSPS) is 17.9. The van der Waals surface area contributed by atoms with Crippen LogP contribution in [0, 0.1) is 5.41 Å². The third-order valence-electron chi connectivity index (χ3n) is 3.33. The van der Waals surface area contributed by atoms with Gasteiger partial charge in [0, 0.05) is 31.8 Å². The lowest BCUT2D eigenvalue weighted by atomic mass is 9.91. The second-order valence-corrected chi connectivity index (χ2v) is 6.70. The van der Waals surface area contributed by atoms with Crippen molar-refractivity contribution < 1.29 is 9.53 Å². The van der Waals surface area contributed by atoms with Crippen LogP contribution in [-0.4, -0.2) is 55.2 Å². The maximum atomic E-state index is 11.7. The molecule has 1 aliphatic rings. The number of nitrogens with two attached hydrogens (primary N) is 1. The second-order valence-electron chi connectivity index (χ2n) is 5.54. The molecule has 0 unspecified atom stereocenters. The largest absolute Gasteiger partial charge is 0.379 e. The number of hydrogen-bond donors (Lipinski definition) is 1. The van der Waals surface area contributed by atoms with Gasteiger partial charge in [0.15, 0.2) is 5.12 Å². The smallest absolute Gasteiger partial charge is 0.190 e. The van der Waals surface area contributed by atoms with Crippen molar-refractivity contribution in [3.63, 3.8) is 0 Å². The van der Waals surface area contributed by atoms with Crippen LogP contribution in [0.4, 0.5) is 0 Å². The van der Waals surface area contributed by atoms with Gasteiger partial charge >= 0.3 is 0 Å². The number of carbonyl (C=O) groups is 1. The predicted molar refractivity (Wildman–Crippen MR) is 76.8 cm³/mol. The molecule has 1 aliphatic heterocycles. The van der Waals surface area contributed by atoms with E-state index < -0.39 is 0 Å². The zero-order chi connectivity index (χ0) is 13.4. The molecule has 0 radical (unpaired) electrons. The average Bonchev–Trinajstić information content (AvgIpc) is 2.37. The Labute approximate surface area is 115 Å². The third-order valence-corrected chi connectivity index (χ3v) is 4.26. The van der Waals surface area contributed by atoms with Crippen LogP contribution in [-0.2, 0) is 9.53 Å². The lowest BCUT2D eigenvalue weighted by Gasteiger charge is -2.26. The number of hydrogen-bond acceptors (Lipinski definition) is 5. The van der Waals surface area contributed by atoms with Gasteiger partial charge in [-0.2, -0.15) is 0 Å². The van der Waals surface area contributed by atoms with E-state index in [-0.39, 0.29) is 5.41 Å². The molecule has 1 saturated heterocycles. The van der Waals surface area contributed by atoms with Crippen LogP contribution in [0.3, 0.4) is 0 Å². The van der Waals surface area contributed by atoms with Crippen LogP contribution in [0.1, 0.15) is 26.7 Å². The summed E-state index contributed by atoms with van der Waals surface area (Å²) in [7, 11) is 0. The highest BCUT2D eigenvalue weighted by Gasteiger charge is 2.16. The fraction of sp³-hybridized carbons (Fsp3) is 0.923. The first kappa shape index (κ1) is 16.0. The Morgan fingerprint density at radius 3 is 2.67 bits per heavy atom. The fourth-order valence-electron chi connectivity index (χ4n) is 1.69. The molecule has 0 spiro atoms. The molecule has 1 rings (SSSR count). The highest BCUT2D eigenvalue weighted by Crippen LogP contribution is 2.21. The van der Waals surface area contributed by atoms with Crippen molar-refractivity contribution in [2.45, 2.75) is 26.7 Å². The van der Waals surface area contributed by atoms with Crippen molar-refractivity contribution in [3.8, 4) is 0 Å². The Hall–Kier alpha value is -0.100. The first-order valence-electron chi connectivity index (χ1n) is 6.69. The molecule has 0 aromatic carbocycles. The van der Waals surface area contributed by atoms with Gasteiger partial charge in [0.05, 0.1) is 13.2 Å². The molecule has 2 N–H and O–H groups in total. The summed E-state index contributed by atoms with van der Waals surface area (Å²) in [6.07, 6.45) is 1.64. The van der Waals surface area contributed by atoms with Crippen LogP contribution in [0.5, 0.6) is 0 Å². The minimum Gasteiger partial charge on any atom is -0.379 e. The van der Waals surface area contributed by atoms with Gasteiger partial charge < -0.3 is 10.5 Å². The molecule has 5 heteroatoms. The summed E-state index contributed by atoms with van der Waals surface area (Å²) in [4.78, 5) is 14.0. The van der Waals surface area contributed by atoms with E-state index in [0.29, 0.717) is 18.1 Å². The summed E-state index contributed by atoms with van der Waals surface area (Å²) in [5.74, 6) is 0.881. The molecule has 106 valence electrons. The van der Waals surface area contributed by atoms with Crippen molar-refractivity contribution in [1.82, 2.24) is 4.90 Å². The van der Waals surface area contributed by atoms with Gasteiger partial charge in [-0.3, -0.25) is 9.69 Å². The van der Waals surface area contributed by atoms with Crippen molar-refractivity contribution >= 4 is 16.9 Å². The maximum Gasteiger partial charge on any atom is 0.190 e. The van der Waals surface area contributed by atoms with Gasteiger partial charge in [-0.1, -0.05) is 25.6 Å². The van der Waals surface area contributed by atoms with Gasteiger partial charge in [-0.15, -0.1) is 0 Å². The first-order valence-corrected chi connectivity index (χ1v) is 7.68. The molecule has 0 saturated carbocycles. The molecule has 0 aromatic rings. The summed E-state index contributed by atoms with van der Waals surface area (Å²) < 4.78 is 5.28. The SMILES string of the molecule is CC(C)(CN)CCSC(=O)CCN1CCOCC1. The Bertz CT molecular complexity index is 253. The quantitative estimate of drug-likeness (QED) is 0.759. The lowest BCUT2D eigenvalue weighted by Crippen LogP contribution is -2.37. The molecule has 1 fully saturated rings. The number of thioether (sulfide) groups is 1. The average molecular weight is 274 g/mol. The zero-order valence-corrected chi connectivity index (χ0v) is 12.4. The van der Waals surface area contributed by atoms with Crippen molar-refractivity contribution in [2.24, 2.45) is 11.1 Å². The molecular weight excluding hydrogens is 248 g/mol. The number of morpholine rings is 1. The van der Waals surface area contributed by atoms with Crippen LogP contribution in [0.2, 0.25) is 0 Å². The van der Waals surface area contributed by atoms with E-state index in [9.17, 15) is 4.79 Å². The molecule has 0 atom stereocenters. The van der Waals surface area contributed by atoms with E-state index in [4.69, 9.17) is 10.5 Å². The predicted octanol–water partition coefficient (Wildman–Crippen LogP) is 1.34. The van der Waals surface area contributed by atoms with Gasteiger partial charge in [-0.25, -0.2) is 0 Å². The lowest BCUT2D eigenvalue weighted by molar-refractivity contribution is -0.111. The van der Waals surface area contributed by atoms with Crippen molar-refractivity contribution in [1.29, 1.82) is 0 Å². The number of carbonyl (C=O) groups excluding carboxylic acids is 1. The topological polar surface area (TPSA) is 55.6 Å². The van der Waals surface area contributed by atoms with Crippen molar-refractivity contribution in [2.75, 3.05) is 45.1 Å². The molecule has 4 nitrogen and oxygen atoms in total. The molecule has 0 amide bonds. The number of nitrogens with zero attached hydrogens (tertiary/aromatic N) is 1. The van der Waals surface area contributed by atoms with E-state index in [1.807, 2.05) is 0 Å². The third kappa shape index (κ3) is 6.73. The molecule has 1 heterocycles. The second kappa shape index (κ2) is 8.15. The zero-order valence-electron chi connectivity index (χ0n) is 11.6. The van der Waals surface area contributed by atoms with E-state index in [0.717, 1.165) is 45.0 Å². The maximum absolute atomic E-state index is 11.7. The molecule has 0 bridgehead atoms. The van der Waals surface area contributed by atoms with E-state index in [2.05, 4.69) is 18.7 Å². The van der Waals surface area contributed by atoms with E-state index in [1.165, 1.54) is 11.8 Å². The minimum atomic E-state index is 0.150. The summed E-state index contributed by atoms with van der Waals surface area (Å²) in [5.41, 5.74) is 5.82. The highest BCUT2D eigenvalue weighted by molar-refractivity contribution is 8.13. The summed E-state index contributed by atoms with van der Waals surface area (Å²) in [6, 6.07) is 0. The first-order chi connectivity index (χ1) is 8.53. The Balaban J connectivity index is 2.06. The highest BCUT2D eigenvalue weighted by atomic mass is 32.2. The van der Waals surface area contributed by atoms with Gasteiger partial charge in [0.1, 0.15) is 0 Å². The fourth-order valence-corrected chi connectivity index (χ4v) is 2.81. The van der Waals surface area contributed by atoms with E-state index in [1.54, 1.807) is 0 Å².